The zero-order valence-corrected chi connectivity index (χ0v) is 57.7. The highest BCUT2D eigenvalue weighted by atomic mass is 35.5. The summed E-state index contributed by atoms with van der Waals surface area (Å²) in [6.45, 7) is 19.7. The van der Waals surface area contributed by atoms with Crippen LogP contribution in [0.25, 0.3) is 66.1 Å². The third kappa shape index (κ3) is 14.7. The Labute approximate surface area is 526 Å². The van der Waals surface area contributed by atoms with E-state index in [1.54, 1.807) is 94.1 Å². The monoisotopic (exact) mass is 1380 g/mol. The van der Waals surface area contributed by atoms with Crippen molar-refractivity contribution in [3.8, 4) is 33.8 Å². The number of hydrogen-bond acceptors (Lipinski definition) is 15. The maximum atomic E-state index is 6.33. The fraction of sp³-hybridized carbons (Fsp3) is 0.385. The third-order valence-corrected chi connectivity index (χ3v) is 36.2. The Morgan fingerprint density at radius 3 is 1.46 bits per heavy atom. The molecule has 0 unspecified atom stereocenters. The average molecular weight is 1380 g/mol. The van der Waals surface area contributed by atoms with Crippen LogP contribution in [0.2, 0.25) is 5.15 Å². The van der Waals surface area contributed by atoms with Crippen LogP contribution in [-0.2, 0) is 126 Å². The summed E-state index contributed by atoms with van der Waals surface area (Å²) in [6.07, 6.45) is 5.58. The van der Waals surface area contributed by atoms with Gasteiger partial charge in [0.15, 0.2) is 0 Å². The fourth-order valence-corrected chi connectivity index (χ4v) is 34.5. The van der Waals surface area contributed by atoms with Gasteiger partial charge < -0.3 is 34.2 Å². The molecule has 12 rings (SSSR count). The smallest absolute Gasteiger partial charge is 0.143 e. The van der Waals surface area contributed by atoms with Gasteiger partial charge in [-0.1, -0.05) is 29.3 Å². The molecule has 0 atom stereocenters. The number of nitrogens with one attached hydrogen (secondary N) is 2. The Morgan fingerprint density at radius 1 is 0.590 bits per heavy atom. The number of nitrogens with two attached hydrogens (primary N) is 1. The number of fused-ring (bicyclic) bond motifs is 6. The number of methoxy groups -OCH3 is 2. The maximum absolute atomic E-state index is 6.33. The first-order valence-corrected chi connectivity index (χ1v) is 41.6. The molecule has 83 heavy (non-hydrogen) atoms. The molecule has 2 fully saturated rings. The molecule has 442 valence electrons. The van der Waals surface area contributed by atoms with Crippen molar-refractivity contribution in [1.82, 2.24) is 59.8 Å². The summed E-state index contributed by atoms with van der Waals surface area (Å²) < 4.78 is 26.3. The minimum Gasteiger partial charge on any atom is -0.496 e. The normalized spacial score (nSPS) is 12.4. The molecule has 8 aromatic heterocycles. The van der Waals surface area contributed by atoms with Crippen molar-refractivity contribution < 1.29 is 18.5 Å². The van der Waals surface area contributed by atoms with Crippen LogP contribution in [0.1, 0.15) is 114 Å². The van der Waals surface area contributed by atoms with E-state index < -0.39 is 0 Å². The van der Waals surface area contributed by atoms with Gasteiger partial charge in [0.1, 0.15) is 56.9 Å². The first-order valence-electron chi connectivity index (χ1n) is 25.2. The molecule has 31 heteroatoms. The van der Waals surface area contributed by atoms with E-state index in [2.05, 4.69) is 66.0 Å². The molecule has 0 amide bonds. The van der Waals surface area contributed by atoms with Crippen molar-refractivity contribution >= 4 is 181 Å². The van der Waals surface area contributed by atoms with Gasteiger partial charge in [-0.05, 0) is 125 Å². The SMILES string of the molecule is C.COc1cc2c(cc1-c1c(C)noc1C)[nH]c1nc(C)nc(Cc3c(C)c(C)nn3C3CC3)c12.COc1cc2c(cc1-c1c(C)noc1C)[nH]c1nc(C)nc(Cl)c12.Cc1nn(C2CC2)c(N)c1C.S=S=S=S=S=S=S=S=S=S=S=S=S. The number of nitrogen functional groups attached to an aromatic ring is 1. The van der Waals surface area contributed by atoms with E-state index in [0.29, 0.717) is 35.1 Å². The lowest BCUT2D eigenvalue weighted by Crippen LogP contribution is -2.06. The van der Waals surface area contributed by atoms with Crippen LogP contribution in [0.4, 0.5) is 5.82 Å². The van der Waals surface area contributed by atoms with Crippen LogP contribution in [-0.4, -0.2) is 74.0 Å². The number of anilines is 1. The van der Waals surface area contributed by atoms with E-state index in [1.165, 1.54) is 54.7 Å². The lowest BCUT2D eigenvalue weighted by Gasteiger charge is -2.10. The number of benzene rings is 2. The van der Waals surface area contributed by atoms with Crippen LogP contribution in [0.5, 0.6) is 11.5 Å². The Morgan fingerprint density at radius 2 is 1.02 bits per heavy atom. The van der Waals surface area contributed by atoms with Crippen LogP contribution < -0.4 is 15.2 Å². The highest BCUT2D eigenvalue weighted by Gasteiger charge is 2.30. The highest BCUT2D eigenvalue weighted by molar-refractivity contribution is 8.75. The van der Waals surface area contributed by atoms with Gasteiger partial charge >= 0.3 is 0 Å². The van der Waals surface area contributed by atoms with Crippen molar-refractivity contribution in [3.05, 3.63) is 97.9 Å². The largest absolute Gasteiger partial charge is 0.496 e. The van der Waals surface area contributed by atoms with Crippen molar-refractivity contribution in [2.45, 2.75) is 121 Å². The first-order chi connectivity index (χ1) is 39.5. The summed E-state index contributed by atoms with van der Waals surface area (Å²) in [5, 5.41) is 21.6. The maximum Gasteiger partial charge on any atom is 0.143 e. The van der Waals surface area contributed by atoms with Crippen LogP contribution in [0.15, 0.2) is 33.3 Å². The number of nitrogens with zero attached hydrogens (tertiary/aromatic N) is 10. The lowest BCUT2D eigenvalue weighted by atomic mass is 10.00. The molecule has 0 aliphatic heterocycles. The van der Waals surface area contributed by atoms with Gasteiger partial charge in [0.25, 0.3) is 0 Å². The molecule has 17 nitrogen and oxygen atoms in total. The predicted octanol–water partition coefficient (Wildman–Crippen LogP) is 11.8. The number of aromatic amines is 2. The van der Waals surface area contributed by atoms with Crippen molar-refractivity contribution in [1.29, 1.82) is 0 Å². The summed E-state index contributed by atoms with van der Waals surface area (Å²) in [5.41, 5.74) is 21.5. The molecule has 2 saturated carbocycles. The molecule has 8 heterocycles. The summed E-state index contributed by atoms with van der Waals surface area (Å²) in [6, 6.07) is 9.25. The van der Waals surface area contributed by atoms with Gasteiger partial charge in [-0.15, -0.1) is 0 Å². The second-order valence-corrected chi connectivity index (χ2v) is 38.9. The summed E-state index contributed by atoms with van der Waals surface area (Å²) in [7, 11) is 21.4. The first kappa shape index (κ1) is 64.6. The molecule has 0 saturated heterocycles. The van der Waals surface area contributed by atoms with E-state index in [4.69, 9.17) is 73.3 Å². The number of aromatic nitrogens is 12. The number of ether oxygens (including phenoxy) is 2. The molecule has 2 aromatic carbocycles. The van der Waals surface area contributed by atoms with Gasteiger partial charge in [-0.2, -0.15) is 10.2 Å². The minimum absolute atomic E-state index is 0. The molecule has 2 aliphatic rings. The molecular formula is C52H60ClN13O4S13. The number of halogens is 1. The van der Waals surface area contributed by atoms with Crippen molar-refractivity contribution in [3.63, 3.8) is 0 Å². The summed E-state index contributed by atoms with van der Waals surface area (Å²) in [4.78, 5) is 25.2. The Balaban J connectivity index is 0.000000159. The van der Waals surface area contributed by atoms with Gasteiger partial charge in [-0.3, -0.25) is 4.68 Å². The van der Waals surface area contributed by atoms with Gasteiger partial charge in [0.05, 0.1) is 71.3 Å². The summed E-state index contributed by atoms with van der Waals surface area (Å²) in [5.74, 6) is 5.22. The van der Waals surface area contributed by atoms with E-state index in [-0.39, 0.29) is 7.43 Å². The van der Waals surface area contributed by atoms with E-state index in [1.807, 2.05) is 72.2 Å². The lowest BCUT2D eigenvalue weighted by molar-refractivity contribution is 0.393. The Hall–Kier alpha value is -4.41. The number of aryl methyl sites for hydroxylation is 8. The van der Waals surface area contributed by atoms with E-state index in [9.17, 15) is 0 Å². The van der Waals surface area contributed by atoms with E-state index >= 15 is 0 Å². The second kappa shape index (κ2) is 28.9. The Bertz CT molecular complexity index is 4570. The average Bonchev–Trinajstić information content (AvgIpc) is 2.63. The number of H-pyrrole nitrogens is 2. The molecule has 0 radical (unpaired) electrons. The topological polar surface area (TPSA) is 215 Å². The molecule has 4 N–H and O–H groups in total. The highest BCUT2D eigenvalue weighted by Crippen LogP contribution is 2.43. The van der Waals surface area contributed by atoms with Crippen molar-refractivity contribution in [2.24, 2.45) is 0 Å². The minimum atomic E-state index is 0. The number of hydrogen-bond donors (Lipinski definition) is 3. The van der Waals surface area contributed by atoms with Crippen LogP contribution in [0, 0.1) is 69.2 Å². The molecule has 0 spiro atoms. The van der Waals surface area contributed by atoms with Crippen molar-refractivity contribution in [2.75, 3.05) is 20.0 Å². The molecule has 2 aliphatic carbocycles. The number of rotatable bonds is 8. The predicted molar refractivity (Wildman–Crippen MR) is 370 cm³/mol. The van der Waals surface area contributed by atoms with Gasteiger partial charge in [-0.25, -0.2) is 24.6 Å². The van der Waals surface area contributed by atoms with E-state index in [0.717, 1.165) is 129 Å². The molecular weight excluding hydrogens is 1320 g/mol. The second-order valence-electron chi connectivity index (χ2n) is 19.1. The zero-order chi connectivity index (χ0) is 58.5. The third-order valence-electron chi connectivity index (χ3n) is 13.7. The van der Waals surface area contributed by atoms with Gasteiger partial charge in [0, 0.05) is 176 Å². The van der Waals surface area contributed by atoms with Crippen LogP contribution >= 0.6 is 11.6 Å². The van der Waals surface area contributed by atoms with Gasteiger partial charge in [0.2, 0.25) is 0 Å². The quantitative estimate of drug-likeness (QED) is 0.121. The summed E-state index contributed by atoms with van der Waals surface area (Å²) >= 11 is 15.7. The Kier molecular flexibility index (Phi) is 22.5. The zero-order valence-electron chi connectivity index (χ0n) is 46.4. The van der Waals surface area contributed by atoms with Crippen LogP contribution in [0.3, 0.4) is 0 Å². The molecule has 0 bridgehead atoms. The fourth-order valence-electron chi connectivity index (χ4n) is 9.52. The standard InChI is InChI=1S/C26H28N6O2.C17H15ClN4O2.C8H13N3.CH4.S13/c1-12-13(2)30-32(17-7-8-17)22(12)11-21-25-18-10-23(33-6)19(24-14(3)31-34-15(24)4)9-20(18)29-26(25)28-16(5)27-21;1-7-14(8(2)24-22-7)11-5-12-10(6-13(11)23-4)15-16(18)19-9(3)20-17(15)21-12;1-5-6(2)10-11(8(5)9)7-3-4-7;;1-3-5-7-9-11-13-12-10-8-6-4-2/h9-10,17H,7-8,11H2,1-6H3,(H,27,28,29);5-6H,1-4H3,(H,19,20,21);7H,3-4,9H2,1-2H3;1H4;. The molecule has 10 aromatic rings.